The Labute approximate surface area is 165 Å². The highest BCUT2D eigenvalue weighted by atomic mass is 16.5. The highest BCUT2D eigenvalue weighted by molar-refractivity contribution is 6.04. The second kappa shape index (κ2) is 7.46. The number of hydrogen-bond acceptors (Lipinski definition) is 7. The molecule has 0 fully saturated rings. The summed E-state index contributed by atoms with van der Waals surface area (Å²) in [5, 5.41) is 26.0. The summed E-state index contributed by atoms with van der Waals surface area (Å²) in [5.41, 5.74) is -0.742. The van der Waals surface area contributed by atoms with Crippen molar-refractivity contribution in [3.8, 4) is 17.4 Å². The van der Waals surface area contributed by atoms with Crippen molar-refractivity contribution in [1.82, 2.24) is 14.1 Å². The molecule has 2 aromatic rings. The highest BCUT2D eigenvalue weighted by Crippen LogP contribution is 2.37. The number of benzene rings is 1. The number of hydrogen-bond donors (Lipinski definition) is 2. The van der Waals surface area contributed by atoms with E-state index < -0.39 is 23.2 Å². The van der Waals surface area contributed by atoms with E-state index >= 15 is 0 Å². The van der Waals surface area contributed by atoms with Crippen LogP contribution in [0.2, 0.25) is 0 Å². The van der Waals surface area contributed by atoms with Gasteiger partial charge in [0, 0.05) is 26.9 Å². The lowest BCUT2D eigenvalue weighted by Gasteiger charge is -2.22. The van der Waals surface area contributed by atoms with Gasteiger partial charge < -0.3 is 14.9 Å². The minimum atomic E-state index is -0.702. The van der Waals surface area contributed by atoms with Crippen molar-refractivity contribution < 1.29 is 19.7 Å². The van der Waals surface area contributed by atoms with Crippen LogP contribution in [-0.2, 0) is 18.9 Å². The summed E-state index contributed by atoms with van der Waals surface area (Å²) in [6.45, 7) is 1.68. The summed E-state index contributed by atoms with van der Waals surface area (Å²) in [5.74, 6) is -0.616. The number of aromatic hydroxyl groups is 2. The standard InChI is InChI=1S/C19H22N4O6/c1-5-15(25)23-12(10-6-7-14(29-4)13(24)8-10)9-11(20-23)16-17(26)21(2)19(28)22(3)18(16)27/h6-8,12,24,26H,5,9H2,1-4H3/t12-/m1/s1. The quantitative estimate of drug-likeness (QED) is 0.771. The molecule has 1 aromatic carbocycles. The summed E-state index contributed by atoms with van der Waals surface area (Å²) in [7, 11) is 4.07. The van der Waals surface area contributed by atoms with Crippen LogP contribution in [-0.4, -0.2) is 43.1 Å². The summed E-state index contributed by atoms with van der Waals surface area (Å²) >= 11 is 0. The largest absolute Gasteiger partial charge is 0.504 e. The molecular formula is C19H22N4O6. The fourth-order valence-electron chi connectivity index (χ4n) is 3.31. The van der Waals surface area contributed by atoms with Crippen LogP contribution >= 0.6 is 0 Å². The van der Waals surface area contributed by atoms with Gasteiger partial charge in [0.1, 0.15) is 5.56 Å². The Kier molecular flexibility index (Phi) is 5.19. The van der Waals surface area contributed by atoms with Crippen LogP contribution in [0.3, 0.4) is 0 Å². The normalized spacial score (nSPS) is 16.1. The van der Waals surface area contributed by atoms with E-state index in [-0.39, 0.29) is 41.5 Å². The molecule has 0 radical (unpaired) electrons. The van der Waals surface area contributed by atoms with E-state index in [0.29, 0.717) is 5.56 Å². The van der Waals surface area contributed by atoms with Gasteiger partial charge in [-0.2, -0.15) is 5.10 Å². The molecule has 1 amide bonds. The monoisotopic (exact) mass is 402 g/mol. The predicted octanol–water partition coefficient (Wildman–Crippen LogP) is 0.591. The maximum Gasteiger partial charge on any atom is 0.333 e. The molecule has 3 rings (SSSR count). The van der Waals surface area contributed by atoms with Crippen molar-refractivity contribution in [2.45, 2.75) is 25.8 Å². The van der Waals surface area contributed by atoms with E-state index in [4.69, 9.17) is 4.74 Å². The maximum atomic E-state index is 12.6. The first-order valence-corrected chi connectivity index (χ1v) is 8.97. The van der Waals surface area contributed by atoms with Gasteiger partial charge in [-0.3, -0.25) is 18.7 Å². The lowest BCUT2D eigenvalue weighted by molar-refractivity contribution is -0.132. The number of aromatic nitrogens is 2. The second-order valence-electron chi connectivity index (χ2n) is 6.69. The molecule has 10 nitrogen and oxygen atoms in total. The number of carbonyl (C=O) groups is 1. The molecule has 2 heterocycles. The van der Waals surface area contributed by atoms with E-state index in [2.05, 4.69) is 5.10 Å². The summed E-state index contributed by atoms with van der Waals surface area (Å²) < 4.78 is 6.86. The van der Waals surface area contributed by atoms with E-state index in [1.807, 2.05) is 0 Å². The Morgan fingerprint density at radius 3 is 2.52 bits per heavy atom. The Bertz CT molecular complexity index is 1130. The molecule has 2 N–H and O–H groups in total. The zero-order valence-electron chi connectivity index (χ0n) is 16.5. The van der Waals surface area contributed by atoms with Crippen molar-refractivity contribution >= 4 is 11.6 Å². The van der Waals surface area contributed by atoms with Crippen molar-refractivity contribution in [2.75, 3.05) is 7.11 Å². The number of nitrogens with zero attached hydrogens (tertiary/aromatic N) is 4. The molecule has 0 saturated carbocycles. The maximum absolute atomic E-state index is 12.6. The van der Waals surface area contributed by atoms with Crippen molar-refractivity contribution in [3.63, 3.8) is 0 Å². The van der Waals surface area contributed by atoms with Gasteiger partial charge >= 0.3 is 5.69 Å². The lowest BCUT2D eigenvalue weighted by Crippen LogP contribution is -2.39. The van der Waals surface area contributed by atoms with Crippen molar-refractivity contribution in [2.24, 2.45) is 19.2 Å². The third-order valence-corrected chi connectivity index (χ3v) is 4.98. The highest BCUT2D eigenvalue weighted by Gasteiger charge is 2.35. The van der Waals surface area contributed by atoms with Crippen LogP contribution < -0.4 is 16.0 Å². The fraction of sp³-hybridized carbons (Fsp3) is 0.368. The minimum absolute atomic E-state index is 0.0942. The van der Waals surface area contributed by atoms with Gasteiger partial charge in [0.15, 0.2) is 11.5 Å². The molecular weight excluding hydrogens is 380 g/mol. The van der Waals surface area contributed by atoms with Gasteiger partial charge in [-0.05, 0) is 17.7 Å². The molecule has 0 aliphatic carbocycles. The van der Waals surface area contributed by atoms with Gasteiger partial charge in [0.25, 0.3) is 5.56 Å². The van der Waals surface area contributed by atoms with Gasteiger partial charge in [0.2, 0.25) is 11.8 Å². The van der Waals surface area contributed by atoms with Gasteiger partial charge in [-0.25, -0.2) is 9.80 Å². The van der Waals surface area contributed by atoms with Gasteiger partial charge in [0.05, 0.1) is 18.9 Å². The summed E-state index contributed by atoms with van der Waals surface area (Å²) in [6, 6.07) is 4.14. The van der Waals surface area contributed by atoms with Crippen molar-refractivity contribution in [3.05, 3.63) is 50.2 Å². The average Bonchev–Trinajstić information content (AvgIpc) is 3.15. The molecule has 0 bridgehead atoms. The molecule has 1 aliphatic heterocycles. The summed E-state index contributed by atoms with van der Waals surface area (Å²) in [6.07, 6.45) is 0.297. The molecule has 10 heteroatoms. The number of amides is 1. The Hall–Kier alpha value is -3.56. The van der Waals surface area contributed by atoms with E-state index in [0.717, 1.165) is 9.13 Å². The molecule has 29 heavy (non-hydrogen) atoms. The minimum Gasteiger partial charge on any atom is -0.504 e. The molecule has 1 atom stereocenters. The van der Waals surface area contributed by atoms with Crippen LogP contribution in [0, 0.1) is 0 Å². The predicted molar refractivity (Wildman–Crippen MR) is 104 cm³/mol. The number of rotatable bonds is 4. The SMILES string of the molecule is CCC(=O)N1N=C(c2c(O)n(C)c(=O)n(C)c2=O)C[C@@H]1c1ccc(OC)c(O)c1. The smallest absolute Gasteiger partial charge is 0.333 e. The van der Waals surface area contributed by atoms with E-state index in [1.54, 1.807) is 19.1 Å². The number of phenols is 1. The third kappa shape index (κ3) is 3.26. The Morgan fingerprint density at radius 2 is 1.93 bits per heavy atom. The number of methoxy groups -OCH3 is 1. The molecule has 1 aromatic heterocycles. The van der Waals surface area contributed by atoms with Crippen LogP contribution in [0.4, 0.5) is 0 Å². The summed E-state index contributed by atoms with van der Waals surface area (Å²) in [4.78, 5) is 37.1. The van der Waals surface area contributed by atoms with Crippen LogP contribution in [0.1, 0.15) is 36.9 Å². The van der Waals surface area contributed by atoms with E-state index in [1.165, 1.54) is 32.3 Å². The topological polar surface area (TPSA) is 126 Å². The number of carbonyl (C=O) groups excluding carboxylic acids is 1. The fourth-order valence-corrected chi connectivity index (χ4v) is 3.31. The first-order valence-electron chi connectivity index (χ1n) is 8.97. The average molecular weight is 402 g/mol. The van der Waals surface area contributed by atoms with Crippen LogP contribution in [0.15, 0.2) is 32.9 Å². The zero-order chi connectivity index (χ0) is 21.5. The third-order valence-electron chi connectivity index (χ3n) is 4.98. The number of ether oxygens (including phenoxy) is 1. The lowest BCUT2D eigenvalue weighted by atomic mass is 9.98. The van der Waals surface area contributed by atoms with Crippen LogP contribution in [0.5, 0.6) is 17.4 Å². The Balaban J connectivity index is 2.13. The van der Waals surface area contributed by atoms with E-state index in [9.17, 15) is 24.6 Å². The number of hydrazone groups is 1. The molecule has 154 valence electrons. The van der Waals surface area contributed by atoms with Gasteiger partial charge in [-0.1, -0.05) is 13.0 Å². The first kappa shape index (κ1) is 20.2. The van der Waals surface area contributed by atoms with Crippen molar-refractivity contribution in [1.29, 1.82) is 0 Å². The first-order chi connectivity index (χ1) is 13.7. The zero-order valence-corrected chi connectivity index (χ0v) is 16.5. The number of phenolic OH excluding ortho intramolecular Hbond substituents is 1. The molecule has 0 unspecified atom stereocenters. The van der Waals surface area contributed by atoms with Crippen LogP contribution in [0.25, 0.3) is 0 Å². The molecule has 1 aliphatic rings. The Morgan fingerprint density at radius 1 is 1.24 bits per heavy atom. The molecule has 0 spiro atoms. The van der Waals surface area contributed by atoms with Gasteiger partial charge in [-0.15, -0.1) is 0 Å². The molecule has 0 saturated heterocycles. The second-order valence-corrected chi connectivity index (χ2v) is 6.69.